The average Bonchev–Trinajstić information content (AvgIpc) is 2.88. The highest BCUT2D eigenvalue weighted by Gasteiger charge is 2.21. The SMILES string of the molecule is C/C=C(/N)NCC(NC(=O)CN/C(=C\C)CNCCC)C(=O)NCC(C)Cc1ccccc1CCC. The van der Waals surface area contributed by atoms with Gasteiger partial charge in [0.05, 0.1) is 12.4 Å². The van der Waals surface area contributed by atoms with E-state index in [1.54, 1.807) is 6.08 Å². The van der Waals surface area contributed by atoms with E-state index >= 15 is 0 Å². The Labute approximate surface area is 217 Å². The standard InChI is InChI=1S/C28H48N6O2/c1-6-12-22-13-10-11-14-23(22)16-21(5)17-33-28(36)25(19-32-26(29)9-4)34-27(35)20-31-24(8-3)18-30-15-7-2/h8-11,13-14,21,25,30-32H,6-7,12,15-20,29H2,1-5H3,(H,33,36)(H,34,35)/b24-8-,26-9-. The van der Waals surface area contributed by atoms with E-state index in [4.69, 9.17) is 5.73 Å². The van der Waals surface area contributed by atoms with Crippen LogP contribution in [0, 0.1) is 5.92 Å². The lowest BCUT2D eigenvalue weighted by Crippen LogP contribution is -2.54. The number of nitrogens with two attached hydrogens (primary N) is 1. The van der Waals surface area contributed by atoms with Crippen LogP contribution in [-0.4, -0.2) is 50.6 Å². The Bertz CT molecular complexity index is 852. The minimum atomic E-state index is -0.746. The van der Waals surface area contributed by atoms with Crippen molar-refractivity contribution in [3.8, 4) is 0 Å². The highest BCUT2D eigenvalue weighted by atomic mass is 16.2. The highest BCUT2D eigenvalue weighted by molar-refractivity contribution is 5.88. The third-order valence-corrected chi connectivity index (χ3v) is 5.87. The van der Waals surface area contributed by atoms with Gasteiger partial charge in [0.25, 0.3) is 0 Å². The maximum Gasteiger partial charge on any atom is 0.244 e. The lowest BCUT2D eigenvalue weighted by atomic mass is 9.94. The summed E-state index contributed by atoms with van der Waals surface area (Å²) in [6.45, 7) is 12.5. The first-order valence-corrected chi connectivity index (χ1v) is 13.2. The zero-order chi connectivity index (χ0) is 26.8. The molecule has 0 aliphatic rings. The van der Waals surface area contributed by atoms with Gasteiger partial charge in [-0.2, -0.15) is 0 Å². The van der Waals surface area contributed by atoms with Crippen LogP contribution < -0.4 is 32.3 Å². The summed E-state index contributed by atoms with van der Waals surface area (Å²) in [6, 6.07) is 7.74. The number of hydrogen-bond donors (Lipinski definition) is 6. The highest BCUT2D eigenvalue weighted by Crippen LogP contribution is 2.15. The lowest BCUT2D eigenvalue weighted by molar-refractivity contribution is -0.128. The summed E-state index contributed by atoms with van der Waals surface area (Å²) >= 11 is 0. The van der Waals surface area contributed by atoms with Gasteiger partial charge in [0, 0.05) is 25.3 Å². The molecule has 0 fully saturated rings. The largest absolute Gasteiger partial charge is 0.386 e. The molecule has 1 aromatic carbocycles. The first-order chi connectivity index (χ1) is 17.3. The third kappa shape index (κ3) is 12.6. The van der Waals surface area contributed by atoms with Gasteiger partial charge in [-0.25, -0.2) is 0 Å². The zero-order valence-electron chi connectivity index (χ0n) is 22.9. The summed E-state index contributed by atoms with van der Waals surface area (Å²) in [5.41, 5.74) is 9.48. The number of carbonyl (C=O) groups excluding carboxylic acids is 2. The number of hydrogen-bond acceptors (Lipinski definition) is 6. The van der Waals surface area contributed by atoms with Crippen molar-refractivity contribution in [2.45, 2.75) is 66.3 Å². The van der Waals surface area contributed by atoms with Crippen molar-refractivity contribution in [3.05, 3.63) is 59.1 Å². The fraction of sp³-hybridized carbons (Fsp3) is 0.571. The summed E-state index contributed by atoms with van der Waals surface area (Å²) in [7, 11) is 0. The second-order valence-corrected chi connectivity index (χ2v) is 9.16. The van der Waals surface area contributed by atoms with Crippen LogP contribution in [0.15, 0.2) is 47.9 Å². The number of carbonyl (C=O) groups is 2. The van der Waals surface area contributed by atoms with Crippen molar-refractivity contribution in [1.82, 2.24) is 26.6 Å². The van der Waals surface area contributed by atoms with Gasteiger partial charge in [-0.1, -0.05) is 57.5 Å². The molecule has 0 aromatic heterocycles. The molecule has 0 aliphatic carbocycles. The Morgan fingerprint density at radius 2 is 1.67 bits per heavy atom. The van der Waals surface area contributed by atoms with Crippen LogP contribution >= 0.6 is 0 Å². The fourth-order valence-electron chi connectivity index (χ4n) is 3.75. The molecule has 2 atom stereocenters. The summed E-state index contributed by atoms with van der Waals surface area (Å²) in [4.78, 5) is 25.6. The van der Waals surface area contributed by atoms with Crippen molar-refractivity contribution in [2.75, 3.05) is 32.7 Å². The van der Waals surface area contributed by atoms with Crippen molar-refractivity contribution >= 4 is 11.8 Å². The normalized spacial score (nSPS) is 13.6. The van der Waals surface area contributed by atoms with E-state index in [0.717, 1.165) is 37.9 Å². The van der Waals surface area contributed by atoms with Crippen LogP contribution in [0.5, 0.6) is 0 Å². The quantitative estimate of drug-likeness (QED) is 0.172. The summed E-state index contributed by atoms with van der Waals surface area (Å²) in [5, 5.41) is 15.3. The van der Waals surface area contributed by atoms with Gasteiger partial charge in [-0.15, -0.1) is 0 Å². The zero-order valence-corrected chi connectivity index (χ0v) is 22.9. The molecular weight excluding hydrogens is 452 g/mol. The van der Waals surface area contributed by atoms with E-state index in [-0.39, 0.29) is 30.8 Å². The minimum Gasteiger partial charge on any atom is -0.386 e. The molecule has 2 unspecified atom stereocenters. The van der Waals surface area contributed by atoms with Gasteiger partial charge in [0.2, 0.25) is 11.8 Å². The number of benzene rings is 1. The van der Waals surface area contributed by atoms with E-state index < -0.39 is 6.04 Å². The average molecular weight is 501 g/mol. The lowest BCUT2D eigenvalue weighted by Gasteiger charge is -2.22. The molecule has 0 radical (unpaired) electrons. The van der Waals surface area contributed by atoms with Crippen LogP contribution in [0.3, 0.4) is 0 Å². The van der Waals surface area contributed by atoms with Crippen molar-refractivity contribution in [1.29, 1.82) is 0 Å². The van der Waals surface area contributed by atoms with E-state index in [9.17, 15) is 9.59 Å². The van der Waals surface area contributed by atoms with Crippen LogP contribution in [0.2, 0.25) is 0 Å². The first kappa shape index (κ1) is 31.0. The number of aryl methyl sites for hydroxylation is 1. The minimum absolute atomic E-state index is 0.0843. The predicted octanol–water partition coefficient (Wildman–Crippen LogP) is 2.32. The van der Waals surface area contributed by atoms with Crippen LogP contribution in [0.4, 0.5) is 0 Å². The smallest absolute Gasteiger partial charge is 0.244 e. The molecule has 1 aromatic rings. The third-order valence-electron chi connectivity index (χ3n) is 5.87. The molecule has 0 saturated heterocycles. The van der Waals surface area contributed by atoms with E-state index in [0.29, 0.717) is 18.9 Å². The number of nitrogens with one attached hydrogen (secondary N) is 5. The molecule has 1 rings (SSSR count). The van der Waals surface area contributed by atoms with Gasteiger partial charge in [0.1, 0.15) is 6.04 Å². The molecule has 0 bridgehead atoms. The van der Waals surface area contributed by atoms with Crippen LogP contribution in [0.1, 0.15) is 58.6 Å². The molecular formula is C28H48N6O2. The molecule has 8 nitrogen and oxygen atoms in total. The van der Waals surface area contributed by atoms with Gasteiger partial charge in [-0.05, 0) is 62.8 Å². The van der Waals surface area contributed by atoms with Crippen molar-refractivity contribution in [3.63, 3.8) is 0 Å². The second-order valence-electron chi connectivity index (χ2n) is 9.16. The van der Waals surface area contributed by atoms with Crippen molar-refractivity contribution in [2.24, 2.45) is 11.7 Å². The molecule has 8 heteroatoms. The van der Waals surface area contributed by atoms with E-state index in [2.05, 4.69) is 71.6 Å². The van der Waals surface area contributed by atoms with Crippen LogP contribution in [-0.2, 0) is 22.4 Å². The van der Waals surface area contributed by atoms with Gasteiger partial charge in [0.15, 0.2) is 0 Å². The molecule has 0 heterocycles. The Kier molecular flexibility index (Phi) is 15.8. The monoisotopic (exact) mass is 500 g/mol. The fourth-order valence-corrected chi connectivity index (χ4v) is 3.75. The molecule has 36 heavy (non-hydrogen) atoms. The Morgan fingerprint density at radius 3 is 2.31 bits per heavy atom. The maximum atomic E-state index is 13.0. The molecule has 202 valence electrons. The predicted molar refractivity (Wildman–Crippen MR) is 149 cm³/mol. The number of amides is 2. The number of allylic oxidation sites excluding steroid dienone is 2. The second kappa shape index (κ2) is 18.3. The summed E-state index contributed by atoms with van der Waals surface area (Å²) in [6.07, 6.45) is 7.74. The van der Waals surface area contributed by atoms with Gasteiger partial charge in [-0.3, -0.25) is 9.59 Å². The molecule has 0 aliphatic heterocycles. The van der Waals surface area contributed by atoms with Crippen molar-refractivity contribution < 1.29 is 9.59 Å². The van der Waals surface area contributed by atoms with Crippen LogP contribution in [0.25, 0.3) is 0 Å². The molecule has 0 saturated carbocycles. The molecule has 7 N–H and O–H groups in total. The Hall–Kier alpha value is -3.00. The summed E-state index contributed by atoms with van der Waals surface area (Å²) in [5.74, 6) is 0.224. The van der Waals surface area contributed by atoms with Gasteiger partial charge >= 0.3 is 0 Å². The molecule has 0 spiro atoms. The Balaban J connectivity index is 2.67. The number of rotatable bonds is 18. The Morgan fingerprint density at radius 1 is 0.944 bits per heavy atom. The first-order valence-electron chi connectivity index (χ1n) is 13.2. The van der Waals surface area contributed by atoms with E-state index in [1.165, 1.54) is 11.1 Å². The van der Waals surface area contributed by atoms with E-state index in [1.807, 2.05) is 19.9 Å². The van der Waals surface area contributed by atoms with Gasteiger partial charge < -0.3 is 32.3 Å². The topological polar surface area (TPSA) is 120 Å². The molecule has 2 amide bonds. The summed E-state index contributed by atoms with van der Waals surface area (Å²) < 4.78 is 0. The maximum absolute atomic E-state index is 13.0.